The number of nitrogens with one attached hydrogen (secondary N) is 2. The first-order valence-electron chi connectivity index (χ1n) is 8.93. The monoisotopic (exact) mass is 500 g/mol. The fraction of sp³-hybridized carbons (Fsp3) is 0.0952. The van der Waals surface area contributed by atoms with Crippen molar-refractivity contribution in [2.75, 3.05) is 5.32 Å². The number of benzene rings is 3. The predicted octanol–water partition coefficient (Wildman–Crippen LogP) is 5.31. The third-order valence-electron chi connectivity index (χ3n) is 4.27. The molecule has 0 aliphatic carbocycles. The lowest BCUT2D eigenvalue weighted by molar-refractivity contribution is -0.117. The molecule has 2 N–H and O–H groups in total. The van der Waals surface area contributed by atoms with Crippen molar-refractivity contribution in [1.82, 2.24) is 4.72 Å². The van der Waals surface area contributed by atoms with Crippen molar-refractivity contribution in [3.63, 3.8) is 0 Å². The zero-order chi connectivity index (χ0) is 22.6. The minimum Gasteiger partial charge on any atom is -0.325 e. The Morgan fingerprint density at radius 3 is 2.32 bits per heavy atom. The van der Waals surface area contributed by atoms with Crippen LogP contribution in [0.1, 0.15) is 5.56 Å². The number of carbonyl (C=O) groups excluding carboxylic acids is 1. The molecule has 3 aromatic carbocycles. The summed E-state index contributed by atoms with van der Waals surface area (Å²) in [4.78, 5) is 12.7. The minimum absolute atomic E-state index is 0.0407. The van der Waals surface area contributed by atoms with Crippen LogP contribution < -0.4 is 10.0 Å². The second-order valence-electron chi connectivity index (χ2n) is 6.56. The van der Waals surface area contributed by atoms with Gasteiger partial charge in [0.1, 0.15) is 16.8 Å². The summed E-state index contributed by atoms with van der Waals surface area (Å²) in [6.45, 7) is 0. The molecule has 1 amide bonds. The van der Waals surface area contributed by atoms with Crippen LogP contribution >= 0.6 is 34.8 Å². The van der Waals surface area contributed by atoms with Gasteiger partial charge in [-0.25, -0.2) is 12.8 Å². The van der Waals surface area contributed by atoms with Crippen LogP contribution in [-0.4, -0.2) is 20.4 Å². The molecule has 0 unspecified atom stereocenters. The van der Waals surface area contributed by atoms with Gasteiger partial charge in [-0.2, -0.15) is 4.72 Å². The summed E-state index contributed by atoms with van der Waals surface area (Å²) >= 11 is 17.7. The molecule has 0 bridgehead atoms. The van der Waals surface area contributed by atoms with Gasteiger partial charge in [-0.1, -0.05) is 65.1 Å². The molecule has 1 atom stereocenters. The Kier molecular flexibility index (Phi) is 7.56. The van der Waals surface area contributed by atoms with Crippen molar-refractivity contribution >= 4 is 56.4 Å². The van der Waals surface area contributed by atoms with Crippen LogP contribution in [-0.2, 0) is 21.2 Å². The zero-order valence-electron chi connectivity index (χ0n) is 15.8. The van der Waals surface area contributed by atoms with Crippen LogP contribution in [0.15, 0.2) is 71.6 Å². The van der Waals surface area contributed by atoms with E-state index in [2.05, 4.69) is 10.0 Å². The third-order valence-corrected chi connectivity index (χ3v) is 6.74. The average Bonchev–Trinajstić information content (AvgIpc) is 2.72. The molecule has 0 fully saturated rings. The molecular formula is C21H16Cl3FN2O3S. The molecule has 0 aliphatic rings. The van der Waals surface area contributed by atoms with Gasteiger partial charge in [0.15, 0.2) is 0 Å². The Morgan fingerprint density at radius 2 is 1.65 bits per heavy atom. The summed E-state index contributed by atoms with van der Waals surface area (Å²) in [7, 11) is -4.20. The highest BCUT2D eigenvalue weighted by atomic mass is 35.5. The second-order valence-corrected chi connectivity index (χ2v) is 9.49. The molecule has 0 spiro atoms. The topological polar surface area (TPSA) is 75.3 Å². The van der Waals surface area contributed by atoms with Gasteiger partial charge in [0.05, 0.1) is 10.0 Å². The standard InChI is InChI=1S/C21H16Cl3FN2O3S/c22-14-6-8-16(23)20(11-14)31(29,30)27-19(10-13-4-2-1-3-5-13)21(28)26-15-7-9-18(25)17(24)12-15/h1-9,11-12,19,27H,10H2,(H,26,28)/t19-/m0/s1. The Balaban J connectivity index is 1.91. The molecule has 0 saturated carbocycles. The molecule has 31 heavy (non-hydrogen) atoms. The fourth-order valence-corrected chi connectivity index (χ4v) is 4.91. The summed E-state index contributed by atoms with van der Waals surface area (Å²) < 4.78 is 41.7. The minimum atomic E-state index is -4.20. The number of halogens is 4. The Labute approximate surface area is 194 Å². The molecule has 0 radical (unpaired) electrons. The molecule has 10 heteroatoms. The number of hydrogen-bond acceptors (Lipinski definition) is 3. The summed E-state index contributed by atoms with van der Waals surface area (Å²) in [5.74, 6) is -1.30. The van der Waals surface area contributed by atoms with Gasteiger partial charge in [-0.15, -0.1) is 0 Å². The lowest BCUT2D eigenvalue weighted by Gasteiger charge is -2.19. The fourth-order valence-electron chi connectivity index (χ4n) is 2.77. The van der Waals surface area contributed by atoms with E-state index in [9.17, 15) is 17.6 Å². The predicted molar refractivity (Wildman–Crippen MR) is 121 cm³/mol. The quantitative estimate of drug-likeness (QED) is 0.460. The van der Waals surface area contributed by atoms with E-state index in [1.807, 2.05) is 0 Å². The van der Waals surface area contributed by atoms with Crippen LogP contribution in [0.3, 0.4) is 0 Å². The number of rotatable bonds is 7. The maximum atomic E-state index is 13.4. The highest BCUT2D eigenvalue weighted by molar-refractivity contribution is 7.89. The first kappa shape index (κ1) is 23.5. The van der Waals surface area contributed by atoms with Gasteiger partial charge in [0, 0.05) is 10.7 Å². The Morgan fingerprint density at radius 1 is 0.935 bits per heavy atom. The van der Waals surface area contributed by atoms with E-state index in [0.29, 0.717) is 0 Å². The molecule has 0 heterocycles. The number of sulfonamides is 1. The number of carbonyl (C=O) groups is 1. The van der Waals surface area contributed by atoms with E-state index in [0.717, 1.165) is 11.6 Å². The largest absolute Gasteiger partial charge is 0.325 e. The molecule has 3 aromatic rings. The maximum absolute atomic E-state index is 13.4. The van der Waals surface area contributed by atoms with Crippen LogP contribution in [0.25, 0.3) is 0 Å². The van der Waals surface area contributed by atoms with E-state index in [-0.39, 0.29) is 32.1 Å². The van der Waals surface area contributed by atoms with E-state index in [1.165, 1.54) is 30.3 Å². The van der Waals surface area contributed by atoms with Crippen LogP contribution in [0.5, 0.6) is 0 Å². The highest BCUT2D eigenvalue weighted by Crippen LogP contribution is 2.25. The SMILES string of the molecule is O=C(Nc1ccc(F)c(Cl)c1)[C@H](Cc1ccccc1)NS(=O)(=O)c1cc(Cl)ccc1Cl. The number of hydrogen-bond donors (Lipinski definition) is 2. The average molecular weight is 502 g/mol. The van der Waals surface area contributed by atoms with Gasteiger partial charge in [-0.05, 0) is 48.4 Å². The molecular weight excluding hydrogens is 486 g/mol. The molecule has 5 nitrogen and oxygen atoms in total. The summed E-state index contributed by atoms with van der Waals surface area (Å²) in [6, 6.07) is 15.3. The molecule has 0 aliphatic heterocycles. The lowest BCUT2D eigenvalue weighted by atomic mass is 10.1. The Bertz CT molecular complexity index is 1210. The number of anilines is 1. The molecule has 0 saturated heterocycles. The lowest BCUT2D eigenvalue weighted by Crippen LogP contribution is -2.45. The summed E-state index contributed by atoms with van der Waals surface area (Å²) in [5, 5.41) is 2.51. The van der Waals surface area contributed by atoms with Gasteiger partial charge < -0.3 is 5.32 Å². The molecule has 162 valence electrons. The van der Waals surface area contributed by atoms with Gasteiger partial charge >= 0.3 is 0 Å². The summed E-state index contributed by atoms with van der Waals surface area (Å²) in [6.07, 6.45) is 0.0546. The van der Waals surface area contributed by atoms with E-state index in [1.54, 1.807) is 30.3 Å². The van der Waals surface area contributed by atoms with Gasteiger partial charge in [0.25, 0.3) is 0 Å². The van der Waals surface area contributed by atoms with Crippen molar-refractivity contribution in [3.8, 4) is 0 Å². The van der Waals surface area contributed by atoms with E-state index < -0.39 is 27.8 Å². The van der Waals surface area contributed by atoms with Crippen LogP contribution in [0, 0.1) is 5.82 Å². The van der Waals surface area contributed by atoms with Crippen molar-refractivity contribution in [3.05, 3.63) is 93.2 Å². The first-order chi connectivity index (χ1) is 14.7. The Hall–Kier alpha value is -2.16. The smallest absolute Gasteiger partial charge is 0.242 e. The van der Waals surface area contributed by atoms with Crippen LogP contribution in [0.2, 0.25) is 15.1 Å². The third kappa shape index (κ3) is 6.18. The first-order valence-corrected chi connectivity index (χ1v) is 11.5. The van der Waals surface area contributed by atoms with Gasteiger partial charge in [-0.3, -0.25) is 4.79 Å². The zero-order valence-corrected chi connectivity index (χ0v) is 18.9. The normalized spacial score (nSPS) is 12.4. The highest BCUT2D eigenvalue weighted by Gasteiger charge is 2.28. The molecule has 0 aromatic heterocycles. The van der Waals surface area contributed by atoms with Crippen molar-refractivity contribution in [2.45, 2.75) is 17.4 Å². The van der Waals surface area contributed by atoms with E-state index in [4.69, 9.17) is 34.8 Å². The van der Waals surface area contributed by atoms with Gasteiger partial charge in [0.2, 0.25) is 15.9 Å². The van der Waals surface area contributed by atoms with E-state index >= 15 is 0 Å². The second kappa shape index (κ2) is 9.97. The van der Waals surface area contributed by atoms with Crippen molar-refractivity contribution < 1.29 is 17.6 Å². The summed E-state index contributed by atoms with van der Waals surface area (Å²) in [5.41, 5.74) is 0.939. The molecule has 3 rings (SSSR count). The number of amides is 1. The van der Waals surface area contributed by atoms with Crippen molar-refractivity contribution in [1.29, 1.82) is 0 Å². The van der Waals surface area contributed by atoms with Crippen LogP contribution in [0.4, 0.5) is 10.1 Å². The van der Waals surface area contributed by atoms with Crippen molar-refractivity contribution in [2.24, 2.45) is 0 Å². The maximum Gasteiger partial charge on any atom is 0.242 e.